The molecular formula is C14H23N3O. The third-order valence-electron chi connectivity index (χ3n) is 4.05. The monoisotopic (exact) mass is 249 g/mol. The summed E-state index contributed by atoms with van der Waals surface area (Å²) in [6.07, 6.45) is 2.66. The van der Waals surface area contributed by atoms with Crippen LogP contribution >= 0.6 is 0 Å². The predicted molar refractivity (Wildman–Crippen MR) is 73.2 cm³/mol. The summed E-state index contributed by atoms with van der Waals surface area (Å²) in [5.74, 6) is 0.401. The summed E-state index contributed by atoms with van der Waals surface area (Å²) in [6.45, 7) is 8.64. The summed E-state index contributed by atoms with van der Waals surface area (Å²) in [7, 11) is 0. The molecule has 0 bridgehead atoms. The first kappa shape index (κ1) is 13.3. The Kier molecular flexibility index (Phi) is 3.88. The summed E-state index contributed by atoms with van der Waals surface area (Å²) in [4.78, 5) is 6.73. The number of aryl methyl sites for hydroxylation is 1. The van der Waals surface area contributed by atoms with Crippen LogP contribution in [0.25, 0.3) is 0 Å². The average Bonchev–Trinajstić information content (AvgIpc) is 2.34. The van der Waals surface area contributed by atoms with Crippen molar-refractivity contribution < 1.29 is 5.11 Å². The summed E-state index contributed by atoms with van der Waals surface area (Å²) in [5.41, 5.74) is 10.00. The normalized spacial score (nSPS) is 25.3. The van der Waals surface area contributed by atoms with Crippen LogP contribution in [0, 0.1) is 19.8 Å². The summed E-state index contributed by atoms with van der Waals surface area (Å²) >= 11 is 0. The molecule has 4 heteroatoms. The lowest BCUT2D eigenvalue weighted by molar-refractivity contribution is 0.0253. The molecule has 0 amide bonds. The van der Waals surface area contributed by atoms with E-state index in [1.54, 1.807) is 0 Å². The number of aliphatic hydroxyl groups is 1. The van der Waals surface area contributed by atoms with Crippen molar-refractivity contribution in [3.63, 3.8) is 0 Å². The van der Waals surface area contributed by atoms with Crippen molar-refractivity contribution in [2.24, 2.45) is 5.92 Å². The Hall–Kier alpha value is -1.13. The van der Waals surface area contributed by atoms with Gasteiger partial charge < -0.3 is 10.8 Å². The zero-order chi connectivity index (χ0) is 13.3. The number of nitrogen functional groups attached to an aromatic ring is 1. The zero-order valence-corrected chi connectivity index (χ0v) is 11.5. The van der Waals surface area contributed by atoms with Crippen molar-refractivity contribution >= 4 is 5.69 Å². The number of likely N-dealkylation sites (tertiary alicyclic amines) is 1. The highest BCUT2D eigenvalue weighted by Crippen LogP contribution is 2.22. The van der Waals surface area contributed by atoms with Crippen molar-refractivity contribution in [2.45, 2.75) is 39.8 Å². The predicted octanol–water partition coefficient (Wildman–Crippen LogP) is 1.48. The summed E-state index contributed by atoms with van der Waals surface area (Å²) in [5, 5.41) is 9.91. The second-order valence-electron chi connectivity index (χ2n) is 5.50. The number of rotatable bonds is 2. The number of aromatic nitrogens is 1. The molecule has 4 nitrogen and oxygen atoms in total. The number of piperidine rings is 1. The van der Waals surface area contributed by atoms with Gasteiger partial charge in [-0.15, -0.1) is 0 Å². The number of nitrogens with zero attached hydrogens (tertiary/aromatic N) is 2. The Labute approximate surface area is 109 Å². The molecule has 0 radical (unpaired) electrons. The van der Waals surface area contributed by atoms with E-state index in [4.69, 9.17) is 5.73 Å². The van der Waals surface area contributed by atoms with Gasteiger partial charge >= 0.3 is 0 Å². The minimum Gasteiger partial charge on any atom is -0.398 e. The number of anilines is 1. The van der Waals surface area contributed by atoms with Gasteiger partial charge in [0, 0.05) is 25.0 Å². The molecule has 2 heterocycles. The van der Waals surface area contributed by atoms with Crippen LogP contribution in [0.4, 0.5) is 5.69 Å². The number of hydrogen-bond acceptors (Lipinski definition) is 4. The van der Waals surface area contributed by atoms with Crippen LogP contribution in [-0.4, -0.2) is 34.2 Å². The van der Waals surface area contributed by atoms with Gasteiger partial charge in [0.15, 0.2) is 0 Å². The SMILES string of the molecule is Cc1cnc(CN2CCC(C)C(O)C2)c(C)c1N. The van der Waals surface area contributed by atoms with Crippen molar-refractivity contribution in [3.05, 3.63) is 23.0 Å². The first-order chi connectivity index (χ1) is 8.49. The molecule has 100 valence electrons. The number of hydrogen-bond donors (Lipinski definition) is 2. The molecule has 1 aromatic rings. The van der Waals surface area contributed by atoms with Crippen LogP contribution in [0.5, 0.6) is 0 Å². The van der Waals surface area contributed by atoms with Crippen molar-refractivity contribution in [1.82, 2.24) is 9.88 Å². The largest absolute Gasteiger partial charge is 0.398 e. The maximum atomic E-state index is 9.91. The van der Waals surface area contributed by atoms with Crippen LogP contribution in [0.3, 0.4) is 0 Å². The van der Waals surface area contributed by atoms with E-state index in [1.807, 2.05) is 20.0 Å². The van der Waals surface area contributed by atoms with Crippen LogP contribution in [0.2, 0.25) is 0 Å². The van der Waals surface area contributed by atoms with Crippen LogP contribution in [0.1, 0.15) is 30.2 Å². The number of β-amino-alcohol motifs (C(OH)–C–C–N with tert-alkyl or cyclic N) is 1. The highest BCUT2D eigenvalue weighted by atomic mass is 16.3. The van der Waals surface area contributed by atoms with Gasteiger partial charge in [-0.3, -0.25) is 9.88 Å². The van der Waals surface area contributed by atoms with E-state index in [0.717, 1.165) is 48.6 Å². The fraction of sp³-hybridized carbons (Fsp3) is 0.643. The highest BCUT2D eigenvalue weighted by molar-refractivity contribution is 5.53. The van der Waals surface area contributed by atoms with Gasteiger partial charge in [0.2, 0.25) is 0 Å². The lowest BCUT2D eigenvalue weighted by Gasteiger charge is -2.34. The Morgan fingerprint density at radius 2 is 2.22 bits per heavy atom. The Morgan fingerprint density at radius 3 is 2.89 bits per heavy atom. The van der Waals surface area contributed by atoms with E-state index >= 15 is 0 Å². The smallest absolute Gasteiger partial charge is 0.0693 e. The molecule has 0 saturated carbocycles. The number of pyridine rings is 1. The molecule has 1 aromatic heterocycles. The highest BCUT2D eigenvalue weighted by Gasteiger charge is 2.24. The Morgan fingerprint density at radius 1 is 1.50 bits per heavy atom. The van der Waals surface area contributed by atoms with E-state index in [0.29, 0.717) is 5.92 Å². The number of aliphatic hydroxyl groups excluding tert-OH is 1. The minimum absolute atomic E-state index is 0.221. The van der Waals surface area contributed by atoms with Gasteiger partial charge in [-0.1, -0.05) is 6.92 Å². The molecule has 2 atom stereocenters. The third kappa shape index (κ3) is 2.65. The molecule has 0 spiro atoms. The molecule has 3 N–H and O–H groups in total. The summed E-state index contributed by atoms with van der Waals surface area (Å²) < 4.78 is 0. The van der Waals surface area contributed by atoms with Crippen LogP contribution in [-0.2, 0) is 6.54 Å². The van der Waals surface area contributed by atoms with E-state index in [-0.39, 0.29) is 6.10 Å². The maximum absolute atomic E-state index is 9.91. The molecular weight excluding hydrogens is 226 g/mol. The molecule has 1 aliphatic rings. The number of nitrogens with two attached hydrogens (primary N) is 1. The molecule has 2 rings (SSSR count). The van der Waals surface area contributed by atoms with Gasteiger partial charge in [0.1, 0.15) is 0 Å². The average molecular weight is 249 g/mol. The molecule has 1 aliphatic heterocycles. The van der Waals surface area contributed by atoms with Gasteiger partial charge in [-0.05, 0) is 43.9 Å². The minimum atomic E-state index is -0.221. The van der Waals surface area contributed by atoms with Gasteiger partial charge in [-0.25, -0.2) is 0 Å². The quantitative estimate of drug-likeness (QED) is 0.833. The van der Waals surface area contributed by atoms with Gasteiger partial charge in [-0.2, -0.15) is 0 Å². The van der Waals surface area contributed by atoms with Gasteiger partial charge in [0.05, 0.1) is 11.8 Å². The second kappa shape index (κ2) is 5.24. The zero-order valence-electron chi connectivity index (χ0n) is 11.5. The van der Waals surface area contributed by atoms with Crippen molar-refractivity contribution in [1.29, 1.82) is 0 Å². The van der Waals surface area contributed by atoms with Crippen molar-refractivity contribution in [3.8, 4) is 0 Å². The van der Waals surface area contributed by atoms with Crippen LogP contribution in [0.15, 0.2) is 6.20 Å². The fourth-order valence-electron chi connectivity index (χ4n) is 2.42. The van der Waals surface area contributed by atoms with Gasteiger partial charge in [0.25, 0.3) is 0 Å². The second-order valence-corrected chi connectivity index (χ2v) is 5.50. The van der Waals surface area contributed by atoms with E-state index in [1.165, 1.54) is 0 Å². The summed E-state index contributed by atoms with van der Waals surface area (Å²) in [6, 6.07) is 0. The van der Waals surface area contributed by atoms with E-state index < -0.39 is 0 Å². The Balaban J connectivity index is 2.08. The van der Waals surface area contributed by atoms with E-state index in [9.17, 15) is 5.11 Å². The molecule has 0 aromatic carbocycles. The standard InChI is InChI=1S/C14H23N3O/c1-9-4-5-17(8-13(9)18)7-12-11(3)14(15)10(2)6-16-12/h6,9,13,18H,4-5,7-8H2,1-3H3,(H2,15,16). The maximum Gasteiger partial charge on any atom is 0.0693 e. The molecule has 0 aliphatic carbocycles. The molecule has 1 fully saturated rings. The molecule has 18 heavy (non-hydrogen) atoms. The topological polar surface area (TPSA) is 62.4 Å². The lowest BCUT2D eigenvalue weighted by atomic mass is 9.96. The fourth-order valence-corrected chi connectivity index (χ4v) is 2.42. The van der Waals surface area contributed by atoms with Crippen molar-refractivity contribution in [2.75, 3.05) is 18.8 Å². The third-order valence-corrected chi connectivity index (χ3v) is 4.05. The molecule has 2 unspecified atom stereocenters. The Bertz CT molecular complexity index is 433. The van der Waals surface area contributed by atoms with E-state index in [2.05, 4.69) is 16.8 Å². The first-order valence-electron chi connectivity index (χ1n) is 6.60. The van der Waals surface area contributed by atoms with Crippen LogP contribution < -0.4 is 5.73 Å². The lowest BCUT2D eigenvalue weighted by Crippen LogP contribution is -2.42. The molecule has 1 saturated heterocycles. The first-order valence-corrected chi connectivity index (χ1v) is 6.60.